The van der Waals surface area contributed by atoms with Crippen molar-refractivity contribution in [2.45, 2.75) is 18.0 Å². The van der Waals surface area contributed by atoms with E-state index in [1.165, 1.54) is 18.2 Å². The second-order valence-corrected chi connectivity index (χ2v) is 8.18. The lowest BCUT2D eigenvalue weighted by molar-refractivity contribution is -0.187. The van der Waals surface area contributed by atoms with Gasteiger partial charge < -0.3 is 15.3 Å². The summed E-state index contributed by atoms with van der Waals surface area (Å²) in [5, 5.41) is 11.2. The molecule has 0 unspecified atom stereocenters. The Labute approximate surface area is 147 Å². The predicted octanol–water partition coefficient (Wildman–Crippen LogP) is 2.13. The van der Waals surface area contributed by atoms with Gasteiger partial charge in [0.1, 0.15) is 0 Å². The van der Waals surface area contributed by atoms with Crippen LogP contribution < -0.4 is 5.32 Å². The highest BCUT2D eigenvalue weighted by Gasteiger charge is 2.53. The van der Waals surface area contributed by atoms with Crippen molar-refractivity contribution >= 4 is 27.5 Å². The quantitative estimate of drug-likeness (QED) is 0.817. The zero-order chi connectivity index (χ0) is 19.9. The third-order valence-electron chi connectivity index (χ3n) is 4.12. The first kappa shape index (κ1) is 20.0. The summed E-state index contributed by atoms with van der Waals surface area (Å²) in [6.45, 7) is 0.212. The van der Waals surface area contributed by atoms with Crippen LogP contribution in [0, 0.1) is 18.8 Å². The van der Waals surface area contributed by atoms with Crippen molar-refractivity contribution in [3.8, 4) is 0 Å². The van der Waals surface area contributed by atoms with Crippen LogP contribution in [-0.2, 0) is 14.6 Å². The Hall–Kier alpha value is -2.30. The molecule has 7 nitrogen and oxygen atoms in total. The summed E-state index contributed by atoms with van der Waals surface area (Å²) in [6.07, 6.45) is -3.83. The zero-order valence-corrected chi connectivity index (χ0v) is 14.7. The lowest BCUT2D eigenvalue weighted by atomic mass is 9.96. The number of benzene rings is 1. The highest BCUT2D eigenvalue weighted by molar-refractivity contribution is 7.90. The van der Waals surface area contributed by atoms with Gasteiger partial charge in [-0.25, -0.2) is 13.2 Å². The second-order valence-electron chi connectivity index (χ2n) is 6.20. The van der Waals surface area contributed by atoms with Crippen molar-refractivity contribution in [3.63, 3.8) is 0 Å². The molecule has 0 aromatic heterocycles. The molecule has 2 N–H and O–H groups in total. The van der Waals surface area contributed by atoms with Crippen LogP contribution in [0.4, 0.5) is 23.7 Å². The van der Waals surface area contributed by atoms with Crippen LogP contribution >= 0.6 is 0 Å². The van der Waals surface area contributed by atoms with Crippen molar-refractivity contribution in [1.82, 2.24) is 4.90 Å². The molecule has 2 amide bonds. The highest BCUT2D eigenvalue weighted by Crippen LogP contribution is 2.38. The summed E-state index contributed by atoms with van der Waals surface area (Å²) in [4.78, 5) is 23.9. The van der Waals surface area contributed by atoms with E-state index in [0.29, 0.717) is 5.56 Å². The molecule has 0 spiro atoms. The van der Waals surface area contributed by atoms with Gasteiger partial charge in [0.05, 0.1) is 22.4 Å². The van der Waals surface area contributed by atoms with Gasteiger partial charge in [0.15, 0.2) is 9.84 Å². The molecule has 1 fully saturated rings. The molecule has 1 aromatic carbocycles. The van der Waals surface area contributed by atoms with E-state index in [1.807, 2.05) is 0 Å². The number of carbonyl (C=O) groups excluding carboxylic acids is 1. The van der Waals surface area contributed by atoms with Gasteiger partial charge >= 0.3 is 18.2 Å². The lowest BCUT2D eigenvalue weighted by Crippen LogP contribution is -2.35. The number of sulfone groups is 1. The number of hydrogen-bond acceptors (Lipinski definition) is 4. The number of aliphatic carboxylic acids is 1. The predicted molar refractivity (Wildman–Crippen MR) is 85.6 cm³/mol. The number of aryl methyl sites for hydroxylation is 1. The van der Waals surface area contributed by atoms with Crippen molar-refractivity contribution in [1.29, 1.82) is 0 Å². The molecule has 2 atom stereocenters. The molecular formula is C15H17F3N2O5S. The van der Waals surface area contributed by atoms with E-state index < -0.39 is 52.9 Å². The minimum atomic E-state index is -4.76. The normalized spacial score (nSPS) is 20.9. The molecule has 11 heteroatoms. The Morgan fingerprint density at radius 2 is 1.88 bits per heavy atom. The zero-order valence-electron chi connectivity index (χ0n) is 13.9. The van der Waals surface area contributed by atoms with Crippen LogP contribution in [0.1, 0.15) is 5.56 Å². The van der Waals surface area contributed by atoms with Gasteiger partial charge in [0.25, 0.3) is 0 Å². The van der Waals surface area contributed by atoms with Crippen LogP contribution in [-0.4, -0.2) is 55.9 Å². The van der Waals surface area contributed by atoms with Crippen LogP contribution in [0.25, 0.3) is 0 Å². The molecule has 0 bridgehead atoms. The van der Waals surface area contributed by atoms with Crippen LogP contribution in [0.3, 0.4) is 0 Å². The number of anilines is 1. The summed E-state index contributed by atoms with van der Waals surface area (Å²) >= 11 is 0. The van der Waals surface area contributed by atoms with Crippen LogP contribution in [0.15, 0.2) is 23.1 Å². The van der Waals surface area contributed by atoms with E-state index in [1.54, 1.807) is 6.92 Å². The number of hydrogen-bond donors (Lipinski definition) is 2. The number of nitrogens with zero attached hydrogens (tertiary/aromatic N) is 1. The van der Waals surface area contributed by atoms with E-state index in [4.69, 9.17) is 5.11 Å². The molecule has 1 aromatic rings. The Bertz CT molecular complexity index is 838. The van der Waals surface area contributed by atoms with E-state index >= 15 is 0 Å². The Morgan fingerprint density at radius 3 is 2.35 bits per heavy atom. The Balaban J connectivity index is 2.26. The molecule has 1 aliphatic heterocycles. The second kappa shape index (κ2) is 6.78. The third kappa shape index (κ3) is 4.26. The molecular weight excluding hydrogens is 377 g/mol. The summed E-state index contributed by atoms with van der Waals surface area (Å²) < 4.78 is 62.7. The number of carboxylic acid groups (broad SMARTS) is 1. The van der Waals surface area contributed by atoms with Crippen molar-refractivity contribution in [2.24, 2.45) is 11.8 Å². The van der Waals surface area contributed by atoms with E-state index in [2.05, 4.69) is 5.32 Å². The fourth-order valence-electron chi connectivity index (χ4n) is 2.79. The molecule has 144 valence electrons. The van der Waals surface area contributed by atoms with E-state index in [9.17, 15) is 31.2 Å². The Kier molecular flexibility index (Phi) is 5.22. The fraction of sp³-hybridized carbons (Fsp3) is 0.467. The number of alkyl halides is 3. The first-order chi connectivity index (χ1) is 11.8. The molecule has 1 saturated heterocycles. The molecule has 1 aliphatic rings. The number of carbonyl (C=O) groups is 2. The lowest BCUT2D eigenvalue weighted by Gasteiger charge is -2.19. The number of nitrogens with one attached hydrogen (secondary N) is 1. The summed E-state index contributed by atoms with van der Waals surface area (Å²) in [7, 11) is -3.69. The summed E-state index contributed by atoms with van der Waals surface area (Å²) in [5.41, 5.74) is 0.540. The molecule has 0 saturated carbocycles. The van der Waals surface area contributed by atoms with Gasteiger partial charge in [0, 0.05) is 19.3 Å². The highest BCUT2D eigenvalue weighted by atomic mass is 32.2. The molecule has 0 aliphatic carbocycles. The third-order valence-corrected chi connectivity index (χ3v) is 5.26. The Morgan fingerprint density at radius 1 is 1.27 bits per heavy atom. The fourth-order valence-corrected chi connectivity index (χ4v) is 3.70. The maximum Gasteiger partial charge on any atom is 0.394 e. The van der Waals surface area contributed by atoms with Gasteiger partial charge in [-0.15, -0.1) is 0 Å². The van der Waals surface area contributed by atoms with Crippen molar-refractivity contribution in [3.05, 3.63) is 23.8 Å². The topological polar surface area (TPSA) is 104 Å². The van der Waals surface area contributed by atoms with Crippen molar-refractivity contribution in [2.75, 3.05) is 24.7 Å². The first-order valence-corrected chi connectivity index (χ1v) is 9.36. The maximum atomic E-state index is 13.0. The molecule has 2 rings (SSSR count). The maximum absolute atomic E-state index is 13.0. The molecule has 0 radical (unpaired) electrons. The van der Waals surface area contributed by atoms with Crippen LogP contribution in [0.5, 0.6) is 0 Å². The SMILES string of the molecule is Cc1ccc(NC(=O)N2C[C@H](C(=O)O)[C@@H](C(F)(F)F)C2)c(S(C)(=O)=O)c1. The minimum Gasteiger partial charge on any atom is -0.481 e. The number of amides is 2. The van der Waals surface area contributed by atoms with Gasteiger partial charge in [-0.3, -0.25) is 4.79 Å². The van der Waals surface area contributed by atoms with Crippen LogP contribution in [0.2, 0.25) is 0 Å². The molecule has 1 heterocycles. The van der Waals surface area contributed by atoms with Gasteiger partial charge in [0.2, 0.25) is 0 Å². The largest absolute Gasteiger partial charge is 0.481 e. The van der Waals surface area contributed by atoms with E-state index in [0.717, 1.165) is 11.2 Å². The van der Waals surface area contributed by atoms with E-state index in [-0.39, 0.29) is 10.6 Å². The average molecular weight is 394 g/mol. The monoisotopic (exact) mass is 394 g/mol. The number of halogens is 3. The van der Waals surface area contributed by atoms with Crippen molar-refractivity contribution < 1.29 is 36.3 Å². The van der Waals surface area contributed by atoms with Gasteiger partial charge in [-0.1, -0.05) is 6.07 Å². The summed E-state index contributed by atoms with van der Waals surface area (Å²) in [5.74, 6) is -5.60. The standard InChI is InChI=1S/C15H17F3N2O5S/c1-8-3-4-11(12(5-8)26(2,24)25)19-14(23)20-6-9(13(21)22)10(7-20)15(16,17)18/h3-5,9-10H,6-7H2,1-2H3,(H,19,23)(H,21,22)/t9-,10-/m0/s1. The number of rotatable bonds is 3. The smallest absolute Gasteiger partial charge is 0.394 e. The first-order valence-electron chi connectivity index (χ1n) is 7.47. The minimum absolute atomic E-state index is 0.0783. The average Bonchev–Trinajstić information content (AvgIpc) is 2.93. The number of urea groups is 1. The van der Waals surface area contributed by atoms with Gasteiger partial charge in [-0.05, 0) is 24.6 Å². The summed E-state index contributed by atoms with van der Waals surface area (Å²) in [6, 6.07) is 3.20. The number of carboxylic acids is 1. The van der Waals surface area contributed by atoms with Gasteiger partial charge in [-0.2, -0.15) is 13.2 Å². The number of likely N-dealkylation sites (tertiary alicyclic amines) is 1. The molecule has 26 heavy (non-hydrogen) atoms.